The predicted molar refractivity (Wildman–Crippen MR) is 102 cm³/mol. The molecule has 2 rings (SSSR count). The monoisotopic (exact) mass is 378 g/mol. The Morgan fingerprint density at radius 3 is 2.78 bits per heavy atom. The van der Waals surface area contributed by atoms with Gasteiger partial charge in [0.25, 0.3) is 0 Å². The van der Waals surface area contributed by atoms with Crippen LogP contribution in [0.1, 0.15) is 18.2 Å². The number of carbonyl (C=O) groups is 1. The smallest absolute Gasteiger partial charge is 0.230 e. The summed E-state index contributed by atoms with van der Waals surface area (Å²) in [5, 5.41) is 5.99. The van der Waals surface area contributed by atoms with Gasteiger partial charge in [0.1, 0.15) is 5.65 Å². The maximum absolute atomic E-state index is 11.7. The fourth-order valence-corrected chi connectivity index (χ4v) is 2.63. The van der Waals surface area contributed by atoms with Crippen LogP contribution in [-0.2, 0) is 10.5 Å². The van der Waals surface area contributed by atoms with Crippen molar-refractivity contribution in [1.82, 2.24) is 20.0 Å². The van der Waals surface area contributed by atoms with Crippen molar-refractivity contribution in [3.8, 4) is 0 Å². The second-order valence-corrected chi connectivity index (χ2v) is 6.18. The fraction of sp³-hybridized carbons (Fsp3) is 0.467. The molecule has 0 aromatic carbocycles. The maximum Gasteiger partial charge on any atom is 0.230 e. The number of pyridine rings is 1. The van der Waals surface area contributed by atoms with Crippen molar-refractivity contribution in [3.05, 3.63) is 35.8 Å². The minimum Gasteiger partial charge on any atom is -0.354 e. The SMILES string of the molecule is CNC(C)CNC(=O)CSCc1cn2cc(C)ccc2n1.Cl.Cl. The van der Waals surface area contributed by atoms with Gasteiger partial charge in [-0.25, -0.2) is 4.98 Å². The number of rotatable bonds is 7. The summed E-state index contributed by atoms with van der Waals surface area (Å²) in [6.07, 6.45) is 4.08. The highest BCUT2D eigenvalue weighted by Gasteiger charge is 2.06. The molecule has 5 nitrogen and oxygen atoms in total. The van der Waals surface area contributed by atoms with E-state index in [1.165, 1.54) is 5.56 Å². The van der Waals surface area contributed by atoms with Crippen LogP contribution in [0.2, 0.25) is 0 Å². The average Bonchev–Trinajstić information content (AvgIpc) is 2.86. The largest absolute Gasteiger partial charge is 0.354 e. The lowest BCUT2D eigenvalue weighted by atomic mass is 10.3. The van der Waals surface area contributed by atoms with Crippen molar-refractivity contribution < 1.29 is 4.79 Å². The third-order valence-electron chi connectivity index (χ3n) is 3.23. The van der Waals surface area contributed by atoms with Gasteiger partial charge in [-0.05, 0) is 32.5 Å². The Morgan fingerprint density at radius 2 is 2.09 bits per heavy atom. The third-order valence-corrected chi connectivity index (χ3v) is 4.20. The lowest BCUT2D eigenvalue weighted by molar-refractivity contribution is -0.118. The number of thioether (sulfide) groups is 1. The van der Waals surface area contributed by atoms with Crippen LogP contribution in [0, 0.1) is 6.92 Å². The molecule has 1 amide bonds. The average molecular weight is 379 g/mol. The first-order chi connectivity index (χ1) is 10.1. The number of nitrogens with zero attached hydrogens (tertiary/aromatic N) is 2. The normalized spacial score (nSPS) is 11.4. The molecule has 0 saturated carbocycles. The molecule has 0 aliphatic rings. The Morgan fingerprint density at radius 1 is 1.35 bits per heavy atom. The van der Waals surface area contributed by atoms with E-state index < -0.39 is 0 Å². The van der Waals surface area contributed by atoms with E-state index in [0.717, 1.165) is 17.1 Å². The maximum atomic E-state index is 11.7. The van der Waals surface area contributed by atoms with Gasteiger partial charge in [0.05, 0.1) is 11.4 Å². The summed E-state index contributed by atoms with van der Waals surface area (Å²) in [5.41, 5.74) is 3.16. The summed E-state index contributed by atoms with van der Waals surface area (Å²) in [4.78, 5) is 16.2. The molecule has 0 radical (unpaired) electrons. The number of likely N-dealkylation sites (N-methyl/N-ethyl adjacent to an activating group) is 1. The topological polar surface area (TPSA) is 58.4 Å². The molecule has 0 bridgehead atoms. The molecule has 0 fully saturated rings. The van der Waals surface area contributed by atoms with Crippen LogP contribution in [0.4, 0.5) is 0 Å². The van der Waals surface area contributed by atoms with Gasteiger partial charge in [0, 0.05) is 30.7 Å². The van der Waals surface area contributed by atoms with Crippen molar-refractivity contribution in [1.29, 1.82) is 0 Å². The quantitative estimate of drug-likeness (QED) is 0.776. The summed E-state index contributed by atoms with van der Waals surface area (Å²) in [7, 11) is 1.89. The van der Waals surface area contributed by atoms with Gasteiger partial charge in [-0.15, -0.1) is 36.6 Å². The van der Waals surface area contributed by atoms with Crippen LogP contribution in [0.5, 0.6) is 0 Å². The van der Waals surface area contributed by atoms with E-state index in [4.69, 9.17) is 0 Å². The van der Waals surface area contributed by atoms with E-state index in [1.54, 1.807) is 11.8 Å². The Kier molecular flexibility index (Phi) is 10.3. The number of halogens is 2. The molecule has 0 aliphatic heterocycles. The zero-order valence-corrected chi connectivity index (χ0v) is 16.0. The second kappa shape index (κ2) is 10.8. The Labute approximate surface area is 153 Å². The number of hydrogen-bond donors (Lipinski definition) is 2. The summed E-state index contributed by atoms with van der Waals surface area (Å²) < 4.78 is 2.03. The van der Waals surface area contributed by atoms with Crippen molar-refractivity contribution in [2.24, 2.45) is 0 Å². The molecule has 23 heavy (non-hydrogen) atoms. The van der Waals surface area contributed by atoms with Crippen LogP contribution in [-0.4, -0.2) is 40.7 Å². The molecular formula is C15H24Cl2N4OS. The van der Waals surface area contributed by atoms with Crippen LogP contribution >= 0.6 is 36.6 Å². The lowest BCUT2D eigenvalue weighted by Gasteiger charge is -2.10. The number of aromatic nitrogens is 2. The highest BCUT2D eigenvalue weighted by molar-refractivity contribution is 7.99. The van der Waals surface area contributed by atoms with E-state index in [1.807, 2.05) is 30.6 Å². The van der Waals surface area contributed by atoms with Gasteiger partial charge < -0.3 is 15.0 Å². The van der Waals surface area contributed by atoms with E-state index in [0.29, 0.717) is 18.3 Å². The highest BCUT2D eigenvalue weighted by atomic mass is 35.5. The molecule has 2 aromatic heterocycles. The van der Waals surface area contributed by atoms with E-state index >= 15 is 0 Å². The van der Waals surface area contributed by atoms with Crippen LogP contribution in [0.3, 0.4) is 0 Å². The lowest BCUT2D eigenvalue weighted by Crippen LogP contribution is -2.37. The van der Waals surface area contributed by atoms with Gasteiger partial charge in [0.15, 0.2) is 0 Å². The van der Waals surface area contributed by atoms with E-state index in [-0.39, 0.29) is 30.7 Å². The zero-order chi connectivity index (χ0) is 15.2. The standard InChI is InChI=1S/C15H22N4OS.2ClH/c1-11-4-5-14-18-13(8-19(14)7-11)9-21-10-15(20)17-6-12(2)16-3;;/h4-5,7-8,12,16H,6,9-10H2,1-3H3,(H,17,20);2*1H. The Hall–Kier alpha value is -0.950. The summed E-state index contributed by atoms with van der Waals surface area (Å²) in [5.74, 6) is 1.28. The Balaban J connectivity index is 0.00000242. The first-order valence-corrected chi connectivity index (χ1v) is 8.20. The van der Waals surface area contributed by atoms with E-state index in [2.05, 4.69) is 34.8 Å². The molecule has 2 aromatic rings. The first kappa shape index (κ1) is 22.1. The Bertz CT molecular complexity index is 621. The van der Waals surface area contributed by atoms with Gasteiger partial charge in [-0.1, -0.05) is 6.07 Å². The minimum atomic E-state index is 0. The van der Waals surface area contributed by atoms with Gasteiger partial charge in [-0.2, -0.15) is 0 Å². The number of fused-ring (bicyclic) bond motifs is 1. The number of carbonyl (C=O) groups excluding carboxylic acids is 1. The summed E-state index contributed by atoms with van der Waals surface area (Å²) in [6, 6.07) is 4.35. The molecule has 2 heterocycles. The summed E-state index contributed by atoms with van der Waals surface area (Å²) >= 11 is 1.58. The number of hydrogen-bond acceptors (Lipinski definition) is 4. The number of amides is 1. The van der Waals surface area contributed by atoms with Crippen LogP contribution in [0.15, 0.2) is 24.5 Å². The molecule has 0 spiro atoms. The van der Waals surface area contributed by atoms with Gasteiger partial charge in [-0.3, -0.25) is 4.79 Å². The molecule has 2 N–H and O–H groups in total. The highest BCUT2D eigenvalue weighted by Crippen LogP contribution is 2.13. The predicted octanol–water partition coefficient (Wildman–Crippen LogP) is 2.44. The summed E-state index contributed by atoms with van der Waals surface area (Å²) in [6.45, 7) is 4.75. The minimum absolute atomic E-state index is 0. The van der Waals surface area contributed by atoms with Crippen molar-refractivity contribution in [3.63, 3.8) is 0 Å². The van der Waals surface area contributed by atoms with Crippen molar-refractivity contribution in [2.45, 2.75) is 25.6 Å². The second-order valence-electron chi connectivity index (χ2n) is 5.19. The fourth-order valence-electron chi connectivity index (χ4n) is 1.89. The molecular weight excluding hydrogens is 355 g/mol. The van der Waals surface area contributed by atoms with Gasteiger partial charge in [0.2, 0.25) is 5.91 Å². The number of aryl methyl sites for hydroxylation is 1. The van der Waals surface area contributed by atoms with Crippen molar-refractivity contribution >= 4 is 48.1 Å². The van der Waals surface area contributed by atoms with Gasteiger partial charge >= 0.3 is 0 Å². The molecule has 1 unspecified atom stereocenters. The molecule has 130 valence electrons. The zero-order valence-electron chi connectivity index (χ0n) is 13.5. The molecule has 0 aliphatic carbocycles. The van der Waals surface area contributed by atoms with Crippen LogP contribution in [0.25, 0.3) is 5.65 Å². The third kappa shape index (κ3) is 6.99. The van der Waals surface area contributed by atoms with Crippen LogP contribution < -0.4 is 10.6 Å². The van der Waals surface area contributed by atoms with Crippen molar-refractivity contribution in [2.75, 3.05) is 19.3 Å². The number of imidazole rings is 1. The molecule has 0 saturated heterocycles. The molecule has 8 heteroatoms. The first-order valence-electron chi connectivity index (χ1n) is 7.04. The molecule has 1 atom stereocenters. The number of nitrogens with one attached hydrogen (secondary N) is 2. The van der Waals surface area contributed by atoms with E-state index in [9.17, 15) is 4.79 Å².